The van der Waals surface area contributed by atoms with Gasteiger partial charge in [-0.1, -0.05) is 46.8 Å². The highest BCUT2D eigenvalue weighted by atomic mass is 14.9. The van der Waals surface area contributed by atoms with Crippen LogP contribution in [0, 0.1) is 11.8 Å². The zero-order valence-electron chi connectivity index (χ0n) is 12.5. The second kappa shape index (κ2) is 6.24. The molecule has 2 nitrogen and oxygen atoms in total. The SMILES string of the molecule is CC(C)C(C)CNCC(C)(C)c1ccc(N)cc1. The van der Waals surface area contributed by atoms with Gasteiger partial charge in [-0.3, -0.25) is 0 Å². The first kappa shape index (κ1) is 15.0. The highest BCUT2D eigenvalue weighted by molar-refractivity contribution is 5.41. The predicted octanol–water partition coefficient (Wildman–Crippen LogP) is 3.43. The molecule has 0 fully saturated rings. The summed E-state index contributed by atoms with van der Waals surface area (Å²) in [6.07, 6.45) is 0. The lowest BCUT2D eigenvalue weighted by Crippen LogP contribution is -2.36. The Balaban J connectivity index is 2.52. The molecule has 0 saturated heterocycles. The fourth-order valence-electron chi connectivity index (χ4n) is 1.88. The Morgan fingerprint density at radius 1 is 1.11 bits per heavy atom. The Hall–Kier alpha value is -1.02. The monoisotopic (exact) mass is 248 g/mol. The van der Waals surface area contributed by atoms with Crippen LogP contribution in [-0.2, 0) is 5.41 Å². The Bertz CT molecular complexity index is 352. The third-order valence-corrected chi connectivity index (χ3v) is 3.86. The molecule has 3 N–H and O–H groups in total. The van der Waals surface area contributed by atoms with Gasteiger partial charge in [0.2, 0.25) is 0 Å². The lowest BCUT2D eigenvalue weighted by molar-refractivity contribution is 0.368. The van der Waals surface area contributed by atoms with E-state index in [4.69, 9.17) is 5.73 Å². The first-order valence-electron chi connectivity index (χ1n) is 6.89. The van der Waals surface area contributed by atoms with Crippen molar-refractivity contribution in [2.24, 2.45) is 11.8 Å². The topological polar surface area (TPSA) is 38.0 Å². The fourth-order valence-corrected chi connectivity index (χ4v) is 1.88. The number of hydrogen-bond donors (Lipinski definition) is 2. The summed E-state index contributed by atoms with van der Waals surface area (Å²) in [5, 5.41) is 3.59. The Morgan fingerprint density at radius 3 is 2.17 bits per heavy atom. The highest BCUT2D eigenvalue weighted by Crippen LogP contribution is 2.23. The largest absolute Gasteiger partial charge is 0.399 e. The smallest absolute Gasteiger partial charge is 0.0314 e. The molecule has 0 aliphatic carbocycles. The zero-order chi connectivity index (χ0) is 13.8. The van der Waals surface area contributed by atoms with Crippen molar-refractivity contribution < 1.29 is 0 Å². The Labute approximate surface area is 112 Å². The maximum Gasteiger partial charge on any atom is 0.0314 e. The summed E-state index contributed by atoms with van der Waals surface area (Å²) in [4.78, 5) is 0. The van der Waals surface area contributed by atoms with Gasteiger partial charge in [-0.05, 0) is 36.1 Å². The van der Waals surface area contributed by atoms with Gasteiger partial charge in [-0.25, -0.2) is 0 Å². The molecule has 0 aliphatic heterocycles. The van der Waals surface area contributed by atoms with Crippen molar-refractivity contribution >= 4 is 5.69 Å². The van der Waals surface area contributed by atoms with Gasteiger partial charge in [0.05, 0.1) is 0 Å². The van der Waals surface area contributed by atoms with Crippen molar-refractivity contribution in [3.8, 4) is 0 Å². The number of nitrogens with two attached hydrogens (primary N) is 1. The molecule has 1 unspecified atom stereocenters. The summed E-state index contributed by atoms with van der Waals surface area (Å²) in [5.41, 5.74) is 8.03. The van der Waals surface area contributed by atoms with E-state index in [0.717, 1.165) is 24.7 Å². The van der Waals surface area contributed by atoms with Crippen LogP contribution in [-0.4, -0.2) is 13.1 Å². The second-order valence-corrected chi connectivity index (χ2v) is 6.36. The van der Waals surface area contributed by atoms with E-state index < -0.39 is 0 Å². The number of benzene rings is 1. The van der Waals surface area contributed by atoms with Crippen molar-refractivity contribution in [3.63, 3.8) is 0 Å². The van der Waals surface area contributed by atoms with Crippen LogP contribution in [0.4, 0.5) is 5.69 Å². The summed E-state index contributed by atoms with van der Waals surface area (Å²) >= 11 is 0. The third kappa shape index (κ3) is 4.34. The number of rotatable bonds is 6. The Kier molecular flexibility index (Phi) is 5.21. The van der Waals surface area contributed by atoms with E-state index >= 15 is 0 Å². The minimum atomic E-state index is 0.143. The molecule has 18 heavy (non-hydrogen) atoms. The quantitative estimate of drug-likeness (QED) is 0.757. The molecule has 1 rings (SSSR count). The van der Waals surface area contributed by atoms with Crippen LogP contribution >= 0.6 is 0 Å². The lowest BCUT2D eigenvalue weighted by atomic mass is 9.84. The van der Waals surface area contributed by atoms with Crippen molar-refractivity contribution in [3.05, 3.63) is 29.8 Å². The maximum atomic E-state index is 5.73. The van der Waals surface area contributed by atoms with Crippen molar-refractivity contribution in [2.75, 3.05) is 18.8 Å². The van der Waals surface area contributed by atoms with Crippen molar-refractivity contribution in [2.45, 2.75) is 40.0 Å². The van der Waals surface area contributed by atoms with Gasteiger partial charge in [0.15, 0.2) is 0 Å². The molecule has 2 heteroatoms. The normalized spacial score (nSPS) is 13.9. The number of nitrogen functional groups attached to an aromatic ring is 1. The van der Waals surface area contributed by atoms with E-state index in [1.807, 2.05) is 12.1 Å². The van der Waals surface area contributed by atoms with Gasteiger partial charge < -0.3 is 11.1 Å². The van der Waals surface area contributed by atoms with Gasteiger partial charge in [-0.2, -0.15) is 0 Å². The molecule has 0 aromatic heterocycles. The van der Waals surface area contributed by atoms with Gasteiger partial charge in [0.1, 0.15) is 0 Å². The third-order valence-electron chi connectivity index (χ3n) is 3.86. The van der Waals surface area contributed by atoms with Crippen LogP contribution in [0.15, 0.2) is 24.3 Å². The molecule has 0 bridgehead atoms. The van der Waals surface area contributed by atoms with Gasteiger partial charge in [0, 0.05) is 17.6 Å². The molecule has 1 aromatic carbocycles. The molecule has 0 amide bonds. The summed E-state index contributed by atoms with van der Waals surface area (Å²) in [6.45, 7) is 13.5. The van der Waals surface area contributed by atoms with Crippen LogP contribution < -0.4 is 11.1 Å². The summed E-state index contributed by atoms with van der Waals surface area (Å²) in [7, 11) is 0. The average molecular weight is 248 g/mol. The average Bonchev–Trinajstić information content (AvgIpc) is 2.29. The van der Waals surface area contributed by atoms with Crippen LogP contribution in [0.5, 0.6) is 0 Å². The summed E-state index contributed by atoms with van der Waals surface area (Å²) in [6, 6.07) is 8.22. The Morgan fingerprint density at radius 2 is 1.67 bits per heavy atom. The first-order valence-corrected chi connectivity index (χ1v) is 6.89. The predicted molar refractivity (Wildman–Crippen MR) is 80.8 cm³/mol. The lowest BCUT2D eigenvalue weighted by Gasteiger charge is -2.27. The number of nitrogens with one attached hydrogen (secondary N) is 1. The van der Waals surface area contributed by atoms with Crippen molar-refractivity contribution in [1.82, 2.24) is 5.32 Å². The van der Waals surface area contributed by atoms with Crippen LogP contribution in [0.25, 0.3) is 0 Å². The van der Waals surface area contributed by atoms with E-state index in [-0.39, 0.29) is 5.41 Å². The molecule has 0 radical (unpaired) electrons. The molecule has 0 saturated carbocycles. The van der Waals surface area contributed by atoms with E-state index in [9.17, 15) is 0 Å². The van der Waals surface area contributed by atoms with E-state index in [1.54, 1.807) is 0 Å². The zero-order valence-corrected chi connectivity index (χ0v) is 12.5. The number of hydrogen-bond acceptors (Lipinski definition) is 2. The minimum absolute atomic E-state index is 0.143. The molecule has 102 valence electrons. The van der Waals surface area contributed by atoms with E-state index in [2.05, 4.69) is 52.1 Å². The molecule has 1 aromatic rings. The molecular weight excluding hydrogens is 220 g/mol. The van der Waals surface area contributed by atoms with Gasteiger partial charge in [-0.15, -0.1) is 0 Å². The van der Waals surface area contributed by atoms with Gasteiger partial charge >= 0.3 is 0 Å². The highest BCUT2D eigenvalue weighted by Gasteiger charge is 2.20. The molecule has 0 aliphatic rings. The molecule has 1 atom stereocenters. The first-order chi connectivity index (χ1) is 8.33. The number of anilines is 1. The summed E-state index contributed by atoms with van der Waals surface area (Å²) < 4.78 is 0. The standard InChI is InChI=1S/C16H28N2/c1-12(2)13(3)10-18-11-16(4,5)14-6-8-15(17)9-7-14/h6-9,12-13,18H,10-11,17H2,1-5H3. The molecular formula is C16H28N2. The maximum absolute atomic E-state index is 5.73. The van der Waals surface area contributed by atoms with E-state index in [1.165, 1.54) is 5.56 Å². The fraction of sp³-hybridized carbons (Fsp3) is 0.625. The van der Waals surface area contributed by atoms with Crippen molar-refractivity contribution in [1.29, 1.82) is 0 Å². The second-order valence-electron chi connectivity index (χ2n) is 6.36. The summed E-state index contributed by atoms with van der Waals surface area (Å²) in [5.74, 6) is 1.45. The van der Waals surface area contributed by atoms with E-state index in [0.29, 0.717) is 5.92 Å². The van der Waals surface area contributed by atoms with Crippen LogP contribution in [0.2, 0.25) is 0 Å². The van der Waals surface area contributed by atoms with Crippen LogP contribution in [0.3, 0.4) is 0 Å². The van der Waals surface area contributed by atoms with Crippen LogP contribution in [0.1, 0.15) is 40.2 Å². The minimum Gasteiger partial charge on any atom is -0.399 e. The molecule has 0 spiro atoms. The molecule has 0 heterocycles. The van der Waals surface area contributed by atoms with Gasteiger partial charge in [0.25, 0.3) is 0 Å².